The summed E-state index contributed by atoms with van der Waals surface area (Å²) in [4.78, 5) is 14.3. The summed E-state index contributed by atoms with van der Waals surface area (Å²) in [6.07, 6.45) is 0.893. The Morgan fingerprint density at radius 2 is 1.89 bits per heavy atom. The van der Waals surface area contributed by atoms with Gasteiger partial charge in [0.2, 0.25) is 0 Å². The lowest BCUT2D eigenvalue weighted by molar-refractivity contribution is 0.0927. The summed E-state index contributed by atoms with van der Waals surface area (Å²) in [7, 11) is 0. The van der Waals surface area contributed by atoms with Gasteiger partial charge in [0.1, 0.15) is 0 Å². The zero-order valence-corrected chi connectivity index (χ0v) is 11.2. The topological polar surface area (TPSA) is 29.5 Å². The summed E-state index contributed by atoms with van der Waals surface area (Å²) < 4.78 is 5.33. The molecule has 1 atom stereocenters. The number of ketones is 1. The number of ether oxygens (including phenoxy) is 1. The molecule has 0 aromatic heterocycles. The SMILES string of the molecule is CCC(C)C(=O)c1ccc(N2CCOCC2)cc1. The van der Waals surface area contributed by atoms with Crippen LogP contribution >= 0.6 is 0 Å². The number of morpholine rings is 1. The van der Waals surface area contributed by atoms with Crippen LogP contribution < -0.4 is 4.90 Å². The van der Waals surface area contributed by atoms with Crippen molar-refractivity contribution in [3.63, 3.8) is 0 Å². The van der Waals surface area contributed by atoms with Crippen LogP contribution in [0.2, 0.25) is 0 Å². The zero-order valence-electron chi connectivity index (χ0n) is 11.2. The second-order valence-electron chi connectivity index (χ2n) is 4.82. The molecule has 0 radical (unpaired) electrons. The van der Waals surface area contributed by atoms with Gasteiger partial charge in [-0.2, -0.15) is 0 Å². The van der Waals surface area contributed by atoms with Crippen molar-refractivity contribution in [2.75, 3.05) is 31.2 Å². The maximum atomic E-state index is 12.0. The van der Waals surface area contributed by atoms with Gasteiger partial charge in [-0.1, -0.05) is 13.8 Å². The highest BCUT2D eigenvalue weighted by Gasteiger charge is 2.15. The van der Waals surface area contributed by atoms with E-state index in [9.17, 15) is 4.79 Å². The third kappa shape index (κ3) is 2.91. The van der Waals surface area contributed by atoms with Gasteiger partial charge in [0.15, 0.2) is 5.78 Å². The van der Waals surface area contributed by atoms with Crippen LogP contribution in [0.4, 0.5) is 5.69 Å². The average Bonchev–Trinajstić information content (AvgIpc) is 2.47. The van der Waals surface area contributed by atoms with Gasteiger partial charge >= 0.3 is 0 Å². The molecule has 2 rings (SSSR count). The van der Waals surface area contributed by atoms with E-state index in [1.807, 2.05) is 38.1 Å². The molecule has 1 heterocycles. The summed E-state index contributed by atoms with van der Waals surface area (Å²) in [5.41, 5.74) is 2.00. The van der Waals surface area contributed by atoms with E-state index in [4.69, 9.17) is 4.74 Å². The van der Waals surface area contributed by atoms with Crippen LogP contribution in [-0.4, -0.2) is 32.1 Å². The molecular weight excluding hydrogens is 226 g/mol. The van der Waals surface area contributed by atoms with Gasteiger partial charge in [0.05, 0.1) is 13.2 Å². The Morgan fingerprint density at radius 1 is 1.28 bits per heavy atom. The molecule has 1 aliphatic rings. The smallest absolute Gasteiger partial charge is 0.165 e. The lowest BCUT2D eigenvalue weighted by Crippen LogP contribution is -2.36. The molecule has 1 fully saturated rings. The summed E-state index contributed by atoms with van der Waals surface area (Å²) in [5, 5.41) is 0. The minimum atomic E-state index is 0.110. The minimum absolute atomic E-state index is 0.110. The molecule has 0 spiro atoms. The van der Waals surface area contributed by atoms with Crippen molar-refractivity contribution in [1.82, 2.24) is 0 Å². The number of hydrogen-bond acceptors (Lipinski definition) is 3. The number of nitrogens with zero attached hydrogens (tertiary/aromatic N) is 1. The summed E-state index contributed by atoms with van der Waals surface area (Å²) >= 11 is 0. The largest absolute Gasteiger partial charge is 0.378 e. The molecule has 0 bridgehead atoms. The number of carbonyl (C=O) groups excluding carboxylic acids is 1. The van der Waals surface area contributed by atoms with E-state index >= 15 is 0 Å². The zero-order chi connectivity index (χ0) is 13.0. The van der Waals surface area contributed by atoms with E-state index in [-0.39, 0.29) is 11.7 Å². The van der Waals surface area contributed by atoms with Gasteiger partial charge in [-0.25, -0.2) is 0 Å². The standard InChI is InChI=1S/C15H21NO2/c1-3-12(2)15(17)13-4-6-14(7-5-13)16-8-10-18-11-9-16/h4-7,12H,3,8-11H2,1-2H3. The molecule has 1 saturated heterocycles. The van der Waals surface area contributed by atoms with Gasteiger partial charge in [-0.3, -0.25) is 4.79 Å². The molecule has 0 amide bonds. The van der Waals surface area contributed by atoms with Gasteiger partial charge in [-0.05, 0) is 30.7 Å². The lowest BCUT2D eigenvalue weighted by Gasteiger charge is -2.28. The van der Waals surface area contributed by atoms with E-state index in [1.165, 1.54) is 5.69 Å². The van der Waals surface area contributed by atoms with Crippen LogP contribution in [-0.2, 0) is 4.74 Å². The number of hydrogen-bond donors (Lipinski definition) is 0. The fraction of sp³-hybridized carbons (Fsp3) is 0.533. The van der Waals surface area contributed by atoms with Crippen LogP contribution in [0.25, 0.3) is 0 Å². The average molecular weight is 247 g/mol. The van der Waals surface area contributed by atoms with E-state index < -0.39 is 0 Å². The molecule has 18 heavy (non-hydrogen) atoms. The van der Waals surface area contributed by atoms with Crippen molar-refractivity contribution < 1.29 is 9.53 Å². The second kappa shape index (κ2) is 6.01. The Bertz CT molecular complexity index is 393. The maximum Gasteiger partial charge on any atom is 0.165 e. The minimum Gasteiger partial charge on any atom is -0.378 e. The van der Waals surface area contributed by atoms with Gasteiger partial charge < -0.3 is 9.64 Å². The van der Waals surface area contributed by atoms with Crippen LogP contribution in [0.1, 0.15) is 30.6 Å². The molecule has 98 valence electrons. The molecule has 1 aliphatic heterocycles. The Balaban J connectivity index is 2.07. The first-order chi connectivity index (χ1) is 8.72. The van der Waals surface area contributed by atoms with Crippen molar-refractivity contribution in [1.29, 1.82) is 0 Å². The molecule has 0 N–H and O–H groups in total. The number of carbonyl (C=O) groups is 1. The molecule has 1 aromatic rings. The van der Waals surface area contributed by atoms with Crippen LogP contribution in [0.15, 0.2) is 24.3 Å². The quantitative estimate of drug-likeness (QED) is 0.766. The number of Topliss-reactive ketones (excluding diaryl/α,β-unsaturated/α-hetero) is 1. The monoisotopic (exact) mass is 247 g/mol. The van der Waals surface area contributed by atoms with Crippen LogP contribution in [0.3, 0.4) is 0 Å². The summed E-state index contributed by atoms with van der Waals surface area (Å²) in [5.74, 6) is 0.352. The highest BCUT2D eigenvalue weighted by atomic mass is 16.5. The molecule has 1 unspecified atom stereocenters. The van der Waals surface area contributed by atoms with Crippen molar-refractivity contribution in [3.8, 4) is 0 Å². The third-order valence-electron chi connectivity index (χ3n) is 3.59. The maximum absolute atomic E-state index is 12.0. The first kappa shape index (κ1) is 13.1. The molecule has 1 aromatic carbocycles. The van der Waals surface area contributed by atoms with Crippen LogP contribution in [0, 0.1) is 5.92 Å². The van der Waals surface area contributed by atoms with E-state index in [2.05, 4.69) is 4.90 Å². The van der Waals surface area contributed by atoms with E-state index in [0.29, 0.717) is 0 Å². The van der Waals surface area contributed by atoms with E-state index in [0.717, 1.165) is 38.3 Å². The second-order valence-corrected chi connectivity index (χ2v) is 4.82. The Hall–Kier alpha value is -1.35. The van der Waals surface area contributed by atoms with Crippen molar-refractivity contribution in [2.24, 2.45) is 5.92 Å². The number of anilines is 1. The fourth-order valence-electron chi connectivity index (χ4n) is 2.13. The number of benzene rings is 1. The molecular formula is C15H21NO2. The Labute approximate surface area is 109 Å². The first-order valence-electron chi connectivity index (χ1n) is 6.69. The van der Waals surface area contributed by atoms with Gasteiger partial charge in [0.25, 0.3) is 0 Å². The van der Waals surface area contributed by atoms with E-state index in [1.54, 1.807) is 0 Å². The predicted octanol–water partition coefficient (Wildman–Crippen LogP) is 2.75. The Morgan fingerprint density at radius 3 is 2.44 bits per heavy atom. The predicted molar refractivity (Wildman–Crippen MR) is 73.3 cm³/mol. The van der Waals surface area contributed by atoms with Gasteiger partial charge in [0, 0.05) is 30.3 Å². The highest BCUT2D eigenvalue weighted by Crippen LogP contribution is 2.19. The fourth-order valence-corrected chi connectivity index (χ4v) is 2.13. The highest BCUT2D eigenvalue weighted by molar-refractivity contribution is 5.97. The molecule has 0 saturated carbocycles. The normalized spacial score (nSPS) is 17.6. The number of rotatable bonds is 4. The van der Waals surface area contributed by atoms with Gasteiger partial charge in [-0.15, -0.1) is 0 Å². The molecule has 3 nitrogen and oxygen atoms in total. The van der Waals surface area contributed by atoms with Crippen LogP contribution in [0.5, 0.6) is 0 Å². The summed E-state index contributed by atoms with van der Waals surface area (Å²) in [6.45, 7) is 7.46. The summed E-state index contributed by atoms with van der Waals surface area (Å²) in [6, 6.07) is 7.97. The van der Waals surface area contributed by atoms with Crippen molar-refractivity contribution in [2.45, 2.75) is 20.3 Å². The molecule has 0 aliphatic carbocycles. The van der Waals surface area contributed by atoms with Crippen molar-refractivity contribution >= 4 is 11.5 Å². The molecule has 3 heteroatoms. The Kier molecular flexibility index (Phi) is 4.37. The first-order valence-corrected chi connectivity index (χ1v) is 6.69. The van der Waals surface area contributed by atoms with Crippen molar-refractivity contribution in [3.05, 3.63) is 29.8 Å². The third-order valence-corrected chi connectivity index (χ3v) is 3.59. The lowest BCUT2D eigenvalue weighted by atomic mass is 9.97.